The van der Waals surface area contributed by atoms with Gasteiger partial charge in [-0.25, -0.2) is 4.39 Å². The Kier molecular flexibility index (Phi) is 4.22. The van der Waals surface area contributed by atoms with Crippen LogP contribution in [0.3, 0.4) is 0 Å². The van der Waals surface area contributed by atoms with Crippen LogP contribution in [0.25, 0.3) is 0 Å². The fourth-order valence-electron chi connectivity index (χ4n) is 1.67. The van der Waals surface area contributed by atoms with Crippen LogP contribution in [0.1, 0.15) is 11.1 Å². The first-order valence-electron chi connectivity index (χ1n) is 5.66. The predicted octanol–water partition coefficient (Wildman–Crippen LogP) is 3.68. The van der Waals surface area contributed by atoms with Crippen LogP contribution < -0.4 is 5.73 Å². The molecule has 0 spiro atoms. The second kappa shape index (κ2) is 5.72. The topological polar surface area (TPSA) is 43.1 Å². The first-order valence-corrected chi connectivity index (χ1v) is 7.35. The first kappa shape index (κ1) is 14.0. The molecule has 0 aromatic heterocycles. The standard InChI is InChI=1S/C14H13ClFNOS/c1-9-6-12(3-5-14(9)17)19(18)8-10-7-11(15)2-4-13(10)16/h2-7H,8,17H2,1H3. The van der Waals surface area contributed by atoms with E-state index in [1.54, 1.807) is 18.2 Å². The molecule has 19 heavy (non-hydrogen) atoms. The van der Waals surface area contributed by atoms with Gasteiger partial charge in [0.05, 0.1) is 16.6 Å². The highest BCUT2D eigenvalue weighted by Crippen LogP contribution is 2.21. The van der Waals surface area contributed by atoms with Crippen LogP contribution in [-0.4, -0.2) is 4.21 Å². The molecule has 2 N–H and O–H groups in total. The summed E-state index contributed by atoms with van der Waals surface area (Å²) in [5.74, 6) is -0.305. The number of halogens is 2. The fraction of sp³-hybridized carbons (Fsp3) is 0.143. The molecule has 0 aliphatic heterocycles. The average Bonchev–Trinajstić information content (AvgIpc) is 2.37. The summed E-state index contributed by atoms with van der Waals surface area (Å²) in [5, 5.41) is 0.432. The van der Waals surface area contributed by atoms with E-state index >= 15 is 0 Å². The van der Waals surface area contributed by atoms with Crippen molar-refractivity contribution in [2.75, 3.05) is 5.73 Å². The lowest BCUT2D eigenvalue weighted by molar-refractivity contribution is 0.615. The highest BCUT2D eigenvalue weighted by atomic mass is 35.5. The Morgan fingerprint density at radius 1 is 1.26 bits per heavy atom. The van der Waals surface area contributed by atoms with Crippen molar-refractivity contribution in [2.45, 2.75) is 17.6 Å². The van der Waals surface area contributed by atoms with E-state index in [0.29, 0.717) is 21.2 Å². The molecule has 5 heteroatoms. The second-order valence-corrected chi connectivity index (χ2v) is 6.13. The lowest BCUT2D eigenvalue weighted by atomic mass is 10.2. The molecular weight excluding hydrogens is 285 g/mol. The zero-order valence-electron chi connectivity index (χ0n) is 10.3. The Balaban J connectivity index is 2.25. The third-order valence-electron chi connectivity index (χ3n) is 2.80. The van der Waals surface area contributed by atoms with Gasteiger partial charge in [-0.1, -0.05) is 11.6 Å². The number of hydrogen-bond acceptors (Lipinski definition) is 2. The van der Waals surface area contributed by atoms with Crippen LogP contribution in [-0.2, 0) is 16.6 Å². The van der Waals surface area contributed by atoms with Gasteiger partial charge in [0.15, 0.2) is 0 Å². The summed E-state index contributed by atoms with van der Waals surface area (Å²) in [7, 11) is -1.33. The Hall–Kier alpha value is -1.39. The van der Waals surface area contributed by atoms with Crippen molar-refractivity contribution < 1.29 is 8.60 Å². The highest BCUT2D eigenvalue weighted by molar-refractivity contribution is 7.84. The van der Waals surface area contributed by atoms with Gasteiger partial charge in [-0.15, -0.1) is 0 Å². The molecule has 1 atom stereocenters. The number of benzene rings is 2. The molecule has 2 aromatic rings. The maximum Gasteiger partial charge on any atom is 0.127 e. The maximum atomic E-state index is 13.6. The van der Waals surface area contributed by atoms with Crippen molar-refractivity contribution in [3.05, 3.63) is 58.4 Å². The SMILES string of the molecule is Cc1cc(S(=O)Cc2cc(Cl)ccc2F)ccc1N. The van der Waals surface area contributed by atoms with Gasteiger partial charge in [0.1, 0.15) is 5.82 Å². The molecule has 0 radical (unpaired) electrons. The van der Waals surface area contributed by atoms with E-state index in [0.717, 1.165) is 5.56 Å². The molecule has 1 unspecified atom stereocenters. The molecule has 100 valence electrons. The van der Waals surface area contributed by atoms with Crippen LogP contribution in [0.15, 0.2) is 41.3 Å². The highest BCUT2D eigenvalue weighted by Gasteiger charge is 2.10. The Bertz CT molecular complexity index is 645. The Labute approximate surface area is 118 Å². The van der Waals surface area contributed by atoms with Crippen molar-refractivity contribution in [3.63, 3.8) is 0 Å². The van der Waals surface area contributed by atoms with Gasteiger partial charge >= 0.3 is 0 Å². The van der Waals surface area contributed by atoms with Gasteiger partial charge in [-0.05, 0) is 48.9 Å². The molecule has 0 heterocycles. The molecule has 2 nitrogen and oxygen atoms in total. The first-order chi connectivity index (χ1) is 8.97. The van der Waals surface area contributed by atoms with Crippen LogP contribution in [0.4, 0.5) is 10.1 Å². The second-order valence-electron chi connectivity index (χ2n) is 4.24. The molecule has 2 rings (SSSR count). The average molecular weight is 298 g/mol. The molecular formula is C14H13ClFNOS. The van der Waals surface area contributed by atoms with E-state index in [1.165, 1.54) is 18.2 Å². The molecule has 0 aliphatic carbocycles. The van der Waals surface area contributed by atoms with E-state index in [1.807, 2.05) is 6.92 Å². The van der Waals surface area contributed by atoms with Gasteiger partial charge in [0.25, 0.3) is 0 Å². The third kappa shape index (κ3) is 3.33. The zero-order valence-corrected chi connectivity index (χ0v) is 11.9. The van der Waals surface area contributed by atoms with Crippen LogP contribution in [0.5, 0.6) is 0 Å². The lowest BCUT2D eigenvalue weighted by Crippen LogP contribution is -2.00. The molecule has 2 aromatic carbocycles. The van der Waals surface area contributed by atoms with Gasteiger partial charge in [-0.3, -0.25) is 4.21 Å². The minimum Gasteiger partial charge on any atom is -0.399 e. The van der Waals surface area contributed by atoms with Gasteiger partial charge < -0.3 is 5.73 Å². The van der Waals surface area contributed by atoms with Crippen molar-refractivity contribution >= 4 is 28.1 Å². The normalized spacial score (nSPS) is 12.4. The minimum atomic E-state index is -1.33. The molecule has 0 saturated carbocycles. The molecule has 0 fully saturated rings. The zero-order chi connectivity index (χ0) is 14.0. The van der Waals surface area contributed by atoms with E-state index in [9.17, 15) is 8.60 Å². The van der Waals surface area contributed by atoms with Crippen molar-refractivity contribution in [2.24, 2.45) is 0 Å². The molecule has 0 bridgehead atoms. The quantitative estimate of drug-likeness (QED) is 0.878. The number of hydrogen-bond donors (Lipinski definition) is 1. The van der Waals surface area contributed by atoms with Gasteiger partial charge in [0, 0.05) is 21.2 Å². The summed E-state index contributed by atoms with van der Waals surface area (Å²) < 4.78 is 25.8. The van der Waals surface area contributed by atoms with Crippen molar-refractivity contribution in [1.29, 1.82) is 0 Å². The fourth-order valence-corrected chi connectivity index (χ4v) is 3.06. The molecule has 0 amide bonds. The molecule has 0 saturated heterocycles. The number of rotatable bonds is 3. The summed E-state index contributed by atoms with van der Waals surface area (Å²) in [4.78, 5) is 0.631. The van der Waals surface area contributed by atoms with Crippen molar-refractivity contribution in [3.8, 4) is 0 Å². The summed E-state index contributed by atoms with van der Waals surface area (Å²) >= 11 is 5.81. The van der Waals surface area contributed by atoms with E-state index < -0.39 is 16.6 Å². The summed E-state index contributed by atoms with van der Waals surface area (Å²) in [6, 6.07) is 9.41. The van der Waals surface area contributed by atoms with E-state index in [4.69, 9.17) is 17.3 Å². The number of anilines is 1. The molecule has 0 aliphatic rings. The minimum absolute atomic E-state index is 0.0930. The smallest absolute Gasteiger partial charge is 0.127 e. The van der Waals surface area contributed by atoms with Crippen LogP contribution in [0.2, 0.25) is 5.02 Å². The van der Waals surface area contributed by atoms with Crippen molar-refractivity contribution in [1.82, 2.24) is 0 Å². The number of nitrogens with two attached hydrogens (primary N) is 1. The largest absolute Gasteiger partial charge is 0.399 e. The van der Waals surface area contributed by atoms with Crippen LogP contribution >= 0.6 is 11.6 Å². The lowest BCUT2D eigenvalue weighted by Gasteiger charge is -2.07. The summed E-state index contributed by atoms with van der Waals surface area (Å²) in [5.41, 5.74) is 7.56. The predicted molar refractivity (Wildman–Crippen MR) is 77.1 cm³/mol. The monoisotopic (exact) mass is 297 g/mol. The third-order valence-corrected chi connectivity index (χ3v) is 4.39. The van der Waals surface area contributed by atoms with E-state index in [2.05, 4.69) is 0 Å². The van der Waals surface area contributed by atoms with Crippen LogP contribution in [0, 0.1) is 12.7 Å². The summed E-state index contributed by atoms with van der Waals surface area (Å²) in [6.45, 7) is 1.84. The van der Waals surface area contributed by atoms with Gasteiger partial charge in [0.2, 0.25) is 0 Å². The number of aryl methyl sites for hydroxylation is 1. The number of nitrogen functional groups attached to an aromatic ring is 1. The Morgan fingerprint density at radius 3 is 2.68 bits per heavy atom. The van der Waals surface area contributed by atoms with E-state index in [-0.39, 0.29) is 5.75 Å². The summed E-state index contributed by atoms with van der Waals surface area (Å²) in [6.07, 6.45) is 0. The van der Waals surface area contributed by atoms with Gasteiger partial charge in [-0.2, -0.15) is 0 Å². The maximum absolute atomic E-state index is 13.6. The Morgan fingerprint density at radius 2 is 2.00 bits per heavy atom.